The van der Waals surface area contributed by atoms with Gasteiger partial charge in [-0.1, -0.05) is 25.7 Å². The van der Waals surface area contributed by atoms with Crippen LogP contribution in [0.2, 0.25) is 0 Å². The van der Waals surface area contributed by atoms with E-state index in [9.17, 15) is 4.79 Å². The van der Waals surface area contributed by atoms with E-state index in [0.717, 1.165) is 32.1 Å². The van der Waals surface area contributed by atoms with Gasteiger partial charge < -0.3 is 20.7 Å². The van der Waals surface area contributed by atoms with Crippen LogP contribution in [0.1, 0.15) is 71.1 Å². The Labute approximate surface area is 188 Å². The molecule has 2 rings (SSSR count). The summed E-state index contributed by atoms with van der Waals surface area (Å²) in [7, 11) is 1.77. The number of amides is 1. The maximum absolute atomic E-state index is 12.1. The standard InChI is InChI=1S/C21H40N4O2.HI/c1-3-22-20(25-17-21(10-7-11-21)12-15-27-2)24-14-13-23-19(26)16-18-8-5-4-6-9-18;/h18H,3-17H2,1-2H3,(H,23,26)(H2,22,24,25);1H. The minimum Gasteiger partial charge on any atom is -0.385 e. The van der Waals surface area contributed by atoms with Crippen molar-refractivity contribution in [3.05, 3.63) is 0 Å². The summed E-state index contributed by atoms with van der Waals surface area (Å²) in [5.41, 5.74) is 0.326. The zero-order valence-corrected chi connectivity index (χ0v) is 20.2. The summed E-state index contributed by atoms with van der Waals surface area (Å²) in [5, 5.41) is 9.71. The second kappa shape index (κ2) is 14.4. The molecule has 2 saturated carbocycles. The monoisotopic (exact) mass is 508 g/mol. The molecule has 0 aromatic rings. The molecule has 0 radical (unpaired) electrons. The first-order valence-corrected chi connectivity index (χ1v) is 11.0. The molecule has 0 atom stereocenters. The number of ether oxygens (including phenoxy) is 1. The van der Waals surface area contributed by atoms with E-state index in [2.05, 4.69) is 22.9 Å². The van der Waals surface area contributed by atoms with Crippen LogP contribution >= 0.6 is 24.0 Å². The van der Waals surface area contributed by atoms with Gasteiger partial charge in [0.15, 0.2) is 5.96 Å². The lowest BCUT2D eigenvalue weighted by molar-refractivity contribution is -0.122. The van der Waals surface area contributed by atoms with E-state index in [0.29, 0.717) is 30.8 Å². The van der Waals surface area contributed by atoms with E-state index in [4.69, 9.17) is 9.73 Å². The van der Waals surface area contributed by atoms with Crippen LogP contribution in [0.4, 0.5) is 0 Å². The first kappa shape index (κ1) is 25.5. The summed E-state index contributed by atoms with van der Waals surface area (Å²) in [5.74, 6) is 1.64. The average Bonchev–Trinajstić information content (AvgIpc) is 2.64. The molecule has 0 heterocycles. The largest absolute Gasteiger partial charge is 0.385 e. The maximum Gasteiger partial charge on any atom is 0.220 e. The Morgan fingerprint density at radius 2 is 1.79 bits per heavy atom. The minimum absolute atomic E-state index is 0. The highest BCUT2D eigenvalue weighted by molar-refractivity contribution is 14.0. The van der Waals surface area contributed by atoms with Gasteiger partial charge in [-0.05, 0) is 50.4 Å². The second-order valence-electron chi connectivity index (χ2n) is 8.28. The first-order chi connectivity index (χ1) is 13.2. The van der Waals surface area contributed by atoms with Gasteiger partial charge in [-0.25, -0.2) is 0 Å². The third-order valence-electron chi connectivity index (χ3n) is 6.11. The van der Waals surface area contributed by atoms with Gasteiger partial charge in [0.25, 0.3) is 0 Å². The van der Waals surface area contributed by atoms with Crippen molar-refractivity contribution in [3.63, 3.8) is 0 Å². The molecule has 6 nitrogen and oxygen atoms in total. The molecule has 1 amide bonds. The highest BCUT2D eigenvalue weighted by Gasteiger charge is 2.36. The van der Waals surface area contributed by atoms with Gasteiger partial charge in [0.05, 0.1) is 0 Å². The Hall–Kier alpha value is -0.570. The Bertz CT molecular complexity index is 463. The van der Waals surface area contributed by atoms with Crippen molar-refractivity contribution in [2.24, 2.45) is 16.3 Å². The number of methoxy groups -OCH3 is 1. The van der Waals surface area contributed by atoms with E-state index in [1.165, 1.54) is 51.4 Å². The van der Waals surface area contributed by atoms with Crippen molar-refractivity contribution in [3.8, 4) is 0 Å². The molecule has 164 valence electrons. The predicted molar refractivity (Wildman–Crippen MR) is 126 cm³/mol. The fourth-order valence-corrected chi connectivity index (χ4v) is 4.18. The van der Waals surface area contributed by atoms with Crippen molar-refractivity contribution in [2.45, 2.75) is 71.1 Å². The number of hydrogen-bond donors (Lipinski definition) is 3. The lowest BCUT2D eigenvalue weighted by atomic mass is 9.67. The fraction of sp³-hybridized carbons (Fsp3) is 0.905. The third kappa shape index (κ3) is 9.29. The average molecular weight is 508 g/mol. The van der Waals surface area contributed by atoms with Crippen LogP contribution in [0.3, 0.4) is 0 Å². The smallest absolute Gasteiger partial charge is 0.220 e. The molecule has 0 spiro atoms. The normalized spacial score (nSPS) is 19.3. The topological polar surface area (TPSA) is 74.8 Å². The lowest BCUT2D eigenvalue weighted by Crippen LogP contribution is -2.43. The van der Waals surface area contributed by atoms with Gasteiger partial charge >= 0.3 is 0 Å². The highest BCUT2D eigenvalue weighted by atomic mass is 127. The predicted octanol–water partition coefficient (Wildman–Crippen LogP) is 3.45. The van der Waals surface area contributed by atoms with Crippen LogP contribution in [0, 0.1) is 11.3 Å². The Kier molecular flexibility index (Phi) is 13.1. The Balaban J connectivity index is 0.00000392. The molecule has 28 heavy (non-hydrogen) atoms. The van der Waals surface area contributed by atoms with E-state index in [1.807, 2.05) is 0 Å². The van der Waals surface area contributed by atoms with Crippen LogP contribution in [0.5, 0.6) is 0 Å². The van der Waals surface area contributed by atoms with Crippen LogP contribution in [0.15, 0.2) is 4.99 Å². The van der Waals surface area contributed by atoms with Crippen molar-refractivity contribution >= 4 is 35.8 Å². The summed E-state index contributed by atoms with van der Waals surface area (Å²) < 4.78 is 5.26. The van der Waals surface area contributed by atoms with Crippen LogP contribution in [0.25, 0.3) is 0 Å². The molecule has 2 aliphatic rings. The number of aliphatic imine (C=N–C) groups is 1. The van der Waals surface area contributed by atoms with E-state index in [1.54, 1.807) is 7.11 Å². The SMILES string of the molecule is CCNC(=NCC1(CCOC)CCC1)NCCNC(=O)CC1CCCCC1.I. The molecule has 7 heteroatoms. The summed E-state index contributed by atoms with van der Waals surface area (Å²) in [6.45, 7) is 5.92. The number of carbonyl (C=O) groups excluding carboxylic acids is 1. The van der Waals surface area contributed by atoms with Gasteiger partial charge in [-0.3, -0.25) is 9.79 Å². The summed E-state index contributed by atoms with van der Waals surface area (Å²) in [6, 6.07) is 0. The third-order valence-corrected chi connectivity index (χ3v) is 6.11. The zero-order chi connectivity index (χ0) is 19.4. The minimum atomic E-state index is 0. The van der Waals surface area contributed by atoms with Gasteiger partial charge in [-0.15, -0.1) is 24.0 Å². The number of nitrogens with one attached hydrogen (secondary N) is 3. The van der Waals surface area contributed by atoms with E-state index in [-0.39, 0.29) is 29.9 Å². The summed E-state index contributed by atoms with van der Waals surface area (Å²) >= 11 is 0. The van der Waals surface area contributed by atoms with Crippen molar-refractivity contribution < 1.29 is 9.53 Å². The molecule has 0 bridgehead atoms. The van der Waals surface area contributed by atoms with E-state index >= 15 is 0 Å². The van der Waals surface area contributed by atoms with Gasteiger partial charge in [0.2, 0.25) is 5.91 Å². The van der Waals surface area contributed by atoms with Crippen molar-refractivity contribution in [1.29, 1.82) is 0 Å². The van der Waals surface area contributed by atoms with Crippen LogP contribution in [-0.2, 0) is 9.53 Å². The molecule has 2 aliphatic carbocycles. The number of halogens is 1. The van der Waals surface area contributed by atoms with Crippen LogP contribution < -0.4 is 16.0 Å². The number of hydrogen-bond acceptors (Lipinski definition) is 3. The van der Waals surface area contributed by atoms with Crippen LogP contribution in [-0.4, -0.2) is 51.8 Å². The zero-order valence-electron chi connectivity index (χ0n) is 17.9. The molecular weight excluding hydrogens is 467 g/mol. The Morgan fingerprint density at radius 3 is 2.39 bits per heavy atom. The molecule has 0 aliphatic heterocycles. The maximum atomic E-state index is 12.1. The fourth-order valence-electron chi connectivity index (χ4n) is 4.18. The number of nitrogens with zero attached hydrogens (tertiary/aromatic N) is 1. The molecule has 2 fully saturated rings. The Morgan fingerprint density at radius 1 is 1.07 bits per heavy atom. The molecule has 0 aromatic carbocycles. The van der Waals surface area contributed by atoms with Gasteiger partial charge in [0, 0.05) is 46.3 Å². The molecular formula is C21H41IN4O2. The summed E-state index contributed by atoms with van der Waals surface area (Å²) in [4.78, 5) is 16.9. The number of rotatable bonds is 11. The van der Waals surface area contributed by atoms with Gasteiger partial charge in [-0.2, -0.15) is 0 Å². The number of guanidine groups is 1. The molecule has 0 unspecified atom stereocenters. The molecule has 0 saturated heterocycles. The lowest BCUT2D eigenvalue weighted by Gasteiger charge is -2.40. The first-order valence-electron chi connectivity index (χ1n) is 11.0. The van der Waals surface area contributed by atoms with Crippen molar-refractivity contribution in [1.82, 2.24) is 16.0 Å². The summed E-state index contributed by atoms with van der Waals surface area (Å²) in [6.07, 6.45) is 11.9. The number of carbonyl (C=O) groups is 1. The van der Waals surface area contributed by atoms with E-state index < -0.39 is 0 Å². The molecule has 3 N–H and O–H groups in total. The second-order valence-corrected chi connectivity index (χ2v) is 8.28. The quantitative estimate of drug-likeness (QED) is 0.173. The highest BCUT2D eigenvalue weighted by Crippen LogP contribution is 2.44. The molecule has 0 aromatic heterocycles. The van der Waals surface area contributed by atoms with Gasteiger partial charge in [0.1, 0.15) is 0 Å². The van der Waals surface area contributed by atoms with Crippen molar-refractivity contribution in [2.75, 3.05) is 39.9 Å².